The predicted molar refractivity (Wildman–Crippen MR) is 125 cm³/mol. The largest absolute Gasteiger partial charge is 0.379 e. The highest BCUT2D eigenvalue weighted by atomic mass is 19.1. The first-order chi connectivity index (χ1) is 17.1. The van der Waals surface area contributed by atoms with E-state index >= 15 is 0 Å². The van der Waals surface area contributed by atoms with Gasteiger partial charge >= 0.3 is 0 Å². The number of rotatable bonds is 6. The Labute approximate surface area is 201 Å². The van der Waals surface area contributed by atoms with Crippen LogP contribution in [-0.4, -0.2) is 70.4 Å². The summed E-state index contributed by atoms with van der Waals surface area (Å²) in [5.41, 5.74) is 2.19. The van der Waals surface area contributed by atoms with Gasteiger partial charge in [0.05, 0.1) is 49.1 Å². The molecule has 1 unspecified atom stereocenters. The quantitative estimate of drug-likeness (QED) is 0.572. The smallest absolute Gasteiger partial charge is 0.227 e. The summed E-state index contributed by atoms with van der Waals surface area (Å²) in [5, 5.41) is 12.6. The van der Waals surface area contributed by atoms with Gasteiger partial charge in [0, 0.05) is 37.9 Å². The lowest BCUT2D eigenvalue weighted by atomic mass is 10.1. The number of hydrogen-bond acceptors (Lipinski definition) is 9. The van der Waals surface area contributed by atoms with Crippen LogP contribution in [0.5, 0.6) is 0 Å². The van der Waals surface area contributed by atoms with E-state index in [2.05, 4.69) is 36.2 Å². The van der Waals surface area contributed by atoms with Crippen LogP contribution in [-0.2, 0) is 11.3 Å². The molecule has 2 aliphatic rings. The molecule has 5 rings (SSSR count). The van der Waals surface area contributed by atoms with E-state index < -0.39 is 12.0 Å². The zero-order valence-electron chi connectivity index (χ0n) is 19.0. The molecule has 0 spiro atoms. The van der Waals surface area contributed by atoms with Gasteiger partial charge in [-0.1, -0.05) is 0 Å². The molecule has 2 aliphatic heterocycles. The van der Waals surface area contributed by atoms with Crippen LogP contribution in [0, 0.1) is 17.1 Å². The SMILES string of the molecule is N#Cc1cc(-c2nc(Nc3ccc(CN4CCOCC4)nc3)ncc2F)cnc1N1CCC(F)C1. The average molecular weight is 479 g/mol. The number of nitriles is 1. The minimum atomic E-state index is -0.945. The number of pyridine rings is 2. The fraction of sp³-hybridized carbons (Fsp3) is 0.375. The number of morpholine rings is 1. The molecule has 1 atom stereocenters. The zero-order valence-corrected chi connectivity index (χ0v) is 19.0. The Morgan fingerprint density at radius 3 is 2.69 bits per heavy atom. The van der Waals surface area contributed by atoms with Crippen molar-refractivity contribution in [2.45, 2.75) is 19.1 Å². The maximum Gasteiger partial charge on any atom is 0.227 e. The number of nitrogens with zero attached hydrogens (tertiary/aromatic N) is 7. The average Bonchev–Trinajstić information content (AvgIpc) is 3.32. The Morgan fingerprint density at radius 2 is 1.97 bits per heavy atom. The second-order valence-corrected chi connectivity index (χ2v) is 8.48. The van der Waals surface area contributed by atoms with Crippen LogP contribution in [0.2, 0.25) is 0 Å². The van der Waals surface area contributed by atoms with Crippen molar-refractivity contribution in [2.75, 3.05) is 49.6 Å². The van der Waals surface area contributed by atoms with Crippen molar-refractivity contribution in [2.24, 2.45) is 0 Å². The Kier molecular flexibility index (Phi) is 6.74. The number of anilines is 3. The molecule has 5 heterocycles. The Hall–Kier alpha value is -3.75. The standard InChI is InChI=1S/C24H24F2N8O/c25-18-3-4-34(14-18)23-16(10-27)9-17(11-29-23)22-21(26)13-30-24(32-22)31-19-1-2-20(28-12-19)15-33-5-7-35-8-6-33/h1-2,9,11-13,18H,3-8,14-15H2,(H,30,31,32). The van der Waals surface area contributed by atoms with E-state index in [4.69, 9.17) is 4.74 Å². The van der Waals surface area contributed by atoms with Gasteiger partial charge in [-0.2, -0.15) is 5.26 Å². The molecule has 11 heteroatoms. The minimum absolute atomic E-state index is 0.0136. The third-order valence-corrected chi connectivity index (χ3v) is 6.01. The molecule has 9 nitrogen and oxygen atoms in total. The van der Waals surface area contributed by atoms with Crippen LogP contribution in [0.4, 0.5) is 26.2 Å². The Balaban J connectivity index is 1.32. The molecule has 180 valence electrons. The maximum absolute atomic E-state index is 14.6. The van der Waals surface area contributed by atoms with Gasteiger partial charge in [-0.3, -0.25) is 9.88 Å². The molecule has 35 heavy (non-hydrogen) atoms. The van der Waals surface area contributed by atoms with Crippen LogP contribution in [0.3, 0.4) is 0 Å². The Bertz CT molecular complexity index is 1230. The number of hydrogen-bond donors (Lipinski definition) is 1. The number of nitrogens with one attached hydrogen (secondary N) is 1. The van der Waals surface area contributed by atoms with E-state index in [0.29, 0.717) is 30.0 Å². The summed E-state index contributed by atoms with van der Waals surface area (Å²) in [6, 6.07) is 7.39. The molecule has 0 aliphatic carbocycles. The van der Waals surface area contributed by atoms with E-state index in [9.17, 15) is 14.0 Å². The second-order valence-electron chi connectivity index (χ2n) is 8.48. The summed E-state index contributed by atoms with van der Waals surface area (Å²) in [6.07, 6.45) is 3.64. The first kappa shape index (κ1) is 23.0. The topological polar surface area (TPSA) is 103 Å². The van der Waals surface area contributed by atoms with Crippen molar-refractivity contribution in [3.8, 4) is 17.3 Å². The minimum Gasteiger partial charge on any atom is -0.379 e. The third-order valence-electron chi connectivity index (χ3n) is 6.01. The van der Waals surface area contributed by atoms with Crippen LogP contribution < -0.4 is 10.2 Å². The molecular weight excluding hydrogens is 454 g/mol. The summed E-state index contributed by atoms with van der Waals surface area (Å²) in [4.78, 5) is 21.1. The molecule has 0 bridgehead atoms. The van der Waals surface area contributed by atoms with Crippen molar-refractivity contribution in [1.29, 1.82) is 5.26 Å². The van der Waals surface area contributed by atoms with Crippen LogP contribution in [0.1, 0.15) is 17.7 Å². The second kappa shape index (κ2) is 10.2. The summed E-state index contributed by atoms with van der Waals surface area (Å²) >= 11 is 0. The van der Waals surface area contributed by atoms with Gasteiger partial charge in [0.2, 0.25) is 5.95 Å². The lowest BCUT2D eigenvalue weighted by molar-refractivity contribution is 0.0336. The first-order valence-corrected chi connectivity index (χ1v) is 11.4. The van der Waals surface area contributed by atoms with E-state index in [0.717, 1.165) is 44.7 Å². The number of alkyl halides is 1. The van der Waals surface area contributed by atoms with Crippen molar-refractivity contribution in [3.63, 3.8) is 0 Å². The van der Waals surface area contributed by atoms with Crippen LogP contribution in [0.25, 0.3) is 11.3 Å². The van der Waals surface area contributed by atoms with Gasteiger partial charge in [0.25, 0.3) is 0 Å². The van der Waals surface area contributed by atoms with Gasteiger partial charge in [-0.25, -0.2) is 23.7 Å². The Morgan fingerprint density at radius 1 is 1.11 bits per heavy atom. The van der Waals surface area contributed by atoms with Crippen molar-refractivity contribution >= 4 is 17.5 Å². The van der Waals surface area contributed by atoms with Crippen molar-refractivity contribution < 1.29 is 13.5 Å². The molecule has 3 aromatic rings. The summed E-state index contributed by atoms with van der Waals surface area (Å²) in [7, 11) is 0. The molecule has 3 aromatic heterocycles. The highest BCUT2D eigenvalue weighted by Crippen LogP contribution is 2.28. The highest BCUT2D eigenvalue weighted by molar-refractivity contribution is 5.67. The maximum atomic E-state index is 14.6. The molecule has 0 aromatic carbocycles. The van der Waals surface area contributed by atoms with Gasteiger partial charge in [0.1, 0.15) is 23.8 Å². The van der Waals surface area contributed by atoms with E-state index in [1.807, 2.05) is 12.1 Å². The lowest BCUT2D eigenvalue weighted by Crippen LogP contribution is -2.35. The van der Waals surface area contributed by atoms with Gasteiger partial charge in [-0.15, -0.1) is 0 Å². The normalized spacial score (nSPS) is 18.4. The van der Waals surface area contributed by atoms with Crippen molar-refractivity contribution in [1.82, 2.24) is 24.8 Å². The molecular formula is C24H24F2N8O. The van der Waals surface area contributed by atoms with E-state index in [-0.39, 0.29) is 23.8 Å². The molecule has 2 saturated heterocycles. The first-order valence-electron chi connectivity index (χ1n) is 11.4. The highest BCUT2D eigenvalue weighted by Gasteiger charge is 2.25. The number of aromatic nitrogens is 4. The zero-order chi connectivity index (χ0) is 24.2. The molecule has 1 N–H and O–H groups in total. The lowest BCUT2D eigenvalue weighted by Gasteiger charge is -2.26. The third kappa shape index (κ3) is 5.34. The predicted octanol–water partition coefficient (Wildman–Crippen LogP) is 3.07. The van der Waals surface area contributed by atoms with Gasteiger partial charge in [0.15, 0.2) is 5.82 Å². The molecule has 2 fully saturated rings. The molecule has 0 saturated carbocycles. The molecule has 0 amide bonds. The van der Waals surface area contributed by atoms with Gasteiger partial charge < -0.3 is 15.0 Å². The van der Waals surface area contributed by atoms with E-state index in [1.165, 1.54) is 12.3 Å². The number of halogens is 2. The number of ether oxygens (including phenoxy) is 1. The van der Waals surface area contributed by atoms with Crippen molar-refractivity contribution in [3.05, 3.63) is 53.9 Å². The van der Waals surface area contributed by atoms with E-state index in [1.54, 1.807) is 11.1 Å². The molecule has 0 radical (unpaired) electrons. The summed E-state index contributed by atoms with van der Waals surface area (Å²) < 4.78 is 33.6. The fourth-order valence-corrected chi connectivity index (χ4v) is 4.17. The van der Waals surface area contributed by atoms with Crippen LogP contribution >= 0.6 is 0 Å². The van der Waals surface area contributed by atoms with Gasteiger partial charge in [-0.05, 0) is 24.6 Å². The fourth-order valence-electron chi connectivity index (χ4n) is 4.17. The summed E-state index contributed by atoms with van der Waals surface area (Å²) in [6.45, 7) is 4.64. The monoisotopic (exact) mass is 478 g/mol. The summed E-state index contributed by atoms with van der Waals surface area (Å²) in [5.74, 6) is -0.0584. The van der Waals surface area contributed by atoms with Crippen LogP contribution in [0.15, 0.2) is 36.8 Å².